The summed E-state index contributed by atoms with van der Waals surface area (Å²) in [6.45, 7) is 4.47. The van der Waals surface area contributed by atoms with Gasteiger partial charge in [0.2, 0.25) is 5.88 Å². The summed E-state index contributed by atoms with van der Waals surface area (Å²) < 4.78 is 5.79. The minimum Gasteiger partial charge on any atom is -0.445 e. The summed E-state index contributed by atoms with van der Waals surface area (Å²) in [6.07, 6.45) is 2.86. The van der Waals surface area contributed by atoms with Gasteiger partial charge in [-0.25, -0.2) is 0 Å². The second-order valence-electron chi connectivity index (χ2n) is 6.77. The fraction of sp³-hybridized carbons (Fsp3) is 0.389. The highest BCUT2D eigenvalue weighted by Crippen LogP contribution is 2.49. The van der Waals surface area contributed by atoms with E-state index in [4.69, 9.17) is 22.1 Å². The largest absolute Gasteiger partial charge is 0.445 e. The predicted molar refractivity (Wildman–Crippen MR) is 86.8 cm³/mol. The van der Waals surface area contributed by atoms with E-state index in [1.807, 2.05) is 24.3 Å². The van der Waals surface area contributed by atoms with Crippen LogP contribution in [0.3, 0.4) is 0 Å². The van der Waals surface area contributed by atoms with Gasteiger partial charge in [0, 0.05) is 17.4 Å². The summed E-state index contributed by atoms with van der Waals surface area (Å²) in [4.78, 5) is 0. The van der Waals surface area contributed by atoms with Crippen molar-refractivity contribution in [2.75, 3.05) is 0 Å². The third-order valence-electron chi connectivity index (χ3n) is 4.53. The molecule has 0 spiro atoms. The molecule has 0 fully saturated rings. The first-order chi connectivity index (χ1) is 10.4. The molecule has 0 saturated heterocycles. The first-order valence-corrected chi connectivity index (χ1v) is 7.84. The first-order valence-electron chi connectivity index (χ1n) is 7.46. The molecule has 0 aromatic heterocycles. The Morgan fingerprint density at radius 1 is 1.32 bits per heavy atom. The van der Waals surface area contributed by atoms with Crippen molar-refractivity contribution in [2.45, 2.75) is 39.0 Å². The van der Waals surface area contributed by atoms with Gasteiger partial charge >= 0.3 is 0 Å². The van der Waals surface area contributed by atoms with Crippen LogP contribution in [0.5, 0.6) is 0 Å². The standard InChI is InChI=1S/C18H19ClN2O/c1-18(2)8-7-13-15(9-18)22-17(21)14(10-20)16(13)11-3-5-12(19)6-4-11/h3-6,16H,7-9,21H2,1-2H3. The van der Waals surface area contributed by atoms with Gasteiger partial charge in [0.1, 0.15) is 17.4 Å². The van der Waals surface area contributed by atoms with Crippen LogP contribution in [0.2, 0.25) is 5.02 Å². The zero-order valence-corrected chi connectivity index (χ0v) is 13.6. The topological polar surface area (TPSA) is 59.0 Å². The van der Waals surface area contributed by atoms with Crippen LogP contribution in [0.4, 0.5) is 0 Å². The van der Waals surface area contributed by atoms with Gasteiger partial charge in [0.25, 0.3) is 0 Å². The fourth-order valence-corrected chi connectivity index (χ4v) is 3.43. The SMILES string of the molecule is CC1(C)CCC2=C(C1)OC(N)=C(C#N)C2c1ccc(Cl)cc1. The summed E-state index contributed by atoms with van der Waals surface area (Å²) in [7, 11) is 0. The van der Waals surface area contributed by atoms with Crippen molar-refractivity contribution in [3.8, 4) is 6.07 Å². The van der Waals surface area contributed by atoms with Gasteiger partial charge in [-0.3, -0.25) is 0 Å². The van der Waals surface area contributed by atoms with Crippen LogP contribution in [-0.2, 0) is 4.74 Å². The second kappa shape index (κ2) is 5.37. The molecule has 1 aromatic rings. The van der Waals surface area contributed by atoms with E-state index in [0.29, 0.717) is 10.6 Å². The lowest BCUT2D eigenvalue weighted by Gasteiger charge is -2.38. The van der Waals surface area contributed by atoms with Gasteiger partial charge in [0.05, 0.1) is 0 Å². The number of nitrogens with two attached hydrogens (primary N) is 1. The monoisotopic (exact) mass is 314 g/mol. The Balaban J connectivity index is 2.10. The Morgan fingerprint density at radius 2 is 2.00 bits per heavy atom. The molecule has 0 radical (unpaired) electrons. The van der Waals surface area contributed by atoms with Crippen LogP contribution in [0.15, 0.2) is 47.1 Å². The number of rotatable bonds is 1. The summed E-state index contributed by atoms with van der Waals surface area (Å²) >= 11 is 5.99. The molecule has 3 nitrogen and oxygen atoms in total. The fourth-order valence-electron chi connectivity index (χ4n) is 3.30. The average molecular weight is 315 g/mol. The van der Waals surface area contributed by atoms with Crippen molar-refractivity contribution in [1.29, 1.82) is 5.26 Å². The molecule has 3 rings (SSSR count). The summed E-state index contributed by atoms with van der Waals surface area (Å²) in [5.74, 6) is 1.06. The van der Waals surface area contributed by atoms with Crippen molar-refractivity contribution in [3.63, 3.8) is 0 Å². The Hall–Kier alpha value is -1.92. The molecule has 22 heavy (non-hydrogen) atoms. The number of halogens is 1. The zero-order chi connectivity index (χ0) is 15.9. The minimum absolute atomic E-state index is 0.109. The van der Waals surface area contributed by atoms with Crippen LogP contribution in [-0.4, -0.2) is 0 Å². The van der Waals surface area contributed by atoms with Gasteiger partial charge in [0.15, 0.2) is 0 Å². The van der Waals surface area contributed by atoms with E-state index in [1.54, 1.807) is 0 Å². The maximum atomic E-state index is 9.52. The second-order valence-corrected chi connectivity index (χ2v) is 7.20. The van der Waals surface area contributed by atoms with Gasteiger partial charge in [-0.2, -0.15) is 5.26 Å². The van der Waals surface area contributed by atoms with Crippen molar-refractivity contribution < 1.29 is 4.74 Å². The van der Waals surface area contributed by atoms with Crippen molar-refractivity contribution in [1.82, 2.24) is 0 Å². The number of allylic oxidation sites excluding steroid dienone is 3. The lowest BCUT2D eigenvalue weighted by molar-refractivity contribution is 0.189. The van der Waals surface area contributed by atoms with Crippen LogP contribution >= 0.6 is 11.6 Å². The highest BCUT2D eigenvalue weighted by atomic mass is 35.5. The molecule has 0 amide bonds. The van der Waals surface area contributed by atoms with Crippen molar-refractivity contribution in [2.24, 2.45) is 11.1 Å². The molecule has 2 aliphatic rings. The minimum atomic E-state index is -0.109. The Labute approximate surface area is 136 Å². The summed E-state index contributed by atoms with van der Waals surface area (Å²) in [5.41, 5.74) is 8.95. The van der Waals surface area contributed by atoms with E-state index in [2.05, 4.69) is 19.9 Å². The number of nitrogens with zero attached hydrogens (tertiary/aromatic N) is 1. The van der Waals surface area contributed by atoms with Crippen LogP contribution in [0, 0.1) is 16.7 Å². The molecule has 4 heteroatoms. The molecule has 1 aliphatic carbocycles. The van der Waals surface area contributed by atoms with Crippen LogP contribution in [0.25, 0.3) is 0 Å². The van der Waals surface area contributed by atoms with Gasteiger partial charge < -0.3 is 10.5 Å². The average Bonchev–Trinajstić information content (AvgIpc) is 2.46. The first kappa shape index (κ1) is 15.0. The highest BCUT2D eigenvalue weighted by molar-refractivity contribution is 6.30. The third kappa shape index (κ3) is 2.60. The normalized spacial score (nSPS) is 23.6. The molecule has 0 saturated carbocycles. The molecule has 1 aromatic carbocycles. The number of nitriles is 1. The van der Waals surface area contributed by atoms with Crippen molar-refractivity contribution >= 4 is 11.6 Å². The lowest BCUT2D eigenvalue weighted by atomic mass is 9.71. The van der Waals surface area contributed by atoms with Gasteiger partial charge in [-0.1, -0.05) is 37.6 Å². The Morgan fingerprint density at radius 3 is 2.64 bits per heavy atom. The molecular weight excluding hydrogens is 296 g/mol. The van der Waals surface area contributed by atoms with E-state index in [-0.39, 0.29) is 17.2 Å². The van der Waals surface area contributed by atoms with E-state index >= 15 is 0 Å². The van der Waals surface area contributed by atoms with E-state index < -0.39 is 0 Å². The molecule has 2 N–H and O–H groups in total. The summed E-state index contributed by atoms with van der Waals surface area (Å²) in [5, 5.41) is 10.2. The van der Waals surface area contributed by atoms with E-state index in [1.165, 1.54) is 5.57 Å². The number of ether oxygens (including phenoxy) is 1. The molecular formula is C18H19ClN2O. The number of hydrogen-bond acceptors (Lipinski definition) is 3. The number of hydrogen-bond donors (Lipinski definition) is 1. The number of benzene rings is 1. The quantitative estimate of drug-likeness (QED) is 0.823. The molecule has 0 bridgehead atoms. The summed E-state index contributed by atoms with van der Waals surface area (Å²) in [6, 6.07) is 9.87. The molecule has 1 aliphatic heterocycles. The van der Waals surface area contributed by atoms with Gasteiger partial charge in [-0.05, 0) is 41.5 Å². The molecule has 1 heterocycles. The van der Waals surface area contributed by atoms with Crippen molar-refractivity contribution in [3.05, 3.63) is 57.6 Å². The van der Waals surface area contributed by atoms with Gasteiger partial charge in [-0.15, -0.1) is 0 Å². The van der Waals surface area contributed by atoms with Crippen LogP contribution < -0.4 is 5.73 Å². The van der Waals surface area contributed by atoms with Crippen LogP contribution in [0.1, 0.15) is 44.6 Å². The smallest absolute Gasteiger partial charge is 0.205 e. The highest BCUT2D eigenvalue weighted by Gasteiger charge is 2.38. The lowest BCUT2D eigenvalue weighted by Crippen LogP contribution is -2.28. The molecule has 114 valence electrons. The third-order valence-corrected chi connectivity index (χ3v) is 4.78. The predicted octanol–water partition coefficient (Wildman–Crippen LogP) is 4.61. The molecule has 1 atom stereocenters. The maximum Gasteiger partial charge on any atom is 0.205 e. The Kier molecular flexibility index (Phi) is 3.66. The zero-order valence-electron chi connectivity index (χ0n) is 12.8. The van der Waals surface area contributed by atoms with E-state index in [0.717, 1.165) is 30.6 Å². The molecule has 1 unspecified atom stereocenters. The maximum absolute atomic E-state index is 9.52. The van der Waals surface area contributed by atoms with E-state index in [9.17, 15) is 5.26 Å². The Bertz CT molecular complexity index is 708.